The molecule has 14 heteroatoms. The summed E-state index contributed by atoms with van der Waals surface area (Å²) in [5.41, 5.74) is 10.6. The second kappa shape index (κ2) is 15.7. The number of aliphatic hydroxyl groups excluding tert-OH is 1. The molecule has 12 nitrogen and oxygen atoms in total. The molecule has 0 aliphatic carbocycles. The predicted molar refractivity (Wildman–Crippen MR) is 118 cm³/mol. The lowest BCUT2D eigenvalue weighted by Gasteiger charge is -2.24. The molecule has 0 bridgehead atoms. The Kier molecular flexibility index (Phi) is 14.7. The van der Waals surface area contributed by atoms with Crippen molar-refractivity contribution in [2.24, 2.45) is 11.5 Å². The van der Waals surface area contributed by atoms with Crippen molar-refractivity contribution in [1.82, 2.24) is 16.0 Å². The largest absolute Gasteiger partial charge is 0.480 e. The first-order valence-electron chi connectivity index (χ1n) is 9.33. The molecule has 9 N–H and O–H groups in total. The Morgan fingerprint density at radius 2 is 1.29 bits per heavy atom. The molecule has 31 heavy (non-hydrogen) atoms. The van der Waals surface area contributed by atoms with Crippen LogP contribution in [0.1, 0.15) is 19.3 Å². The minimum absolute atomic E-state index is 0.165. The molecule has 4 amide bonds. The van der Waals surface area contributed by atoms with Crippen LogP contribution in [-0.2, 0) is 24.0 Å². The first-order valence-corrected chi connectivity index (χ1v) is 12.1. The fraction of sp³-hybridized carbons (Fsp3) is 0.706. The number of carboxylic acids is 1. The minimum Gasteiger partial charge on any atom is -0.480 e. The van der Waals surface area contributed by atoms with Gasteiger partial charge in [-0.3, -0.25) is 19.2 Å². The van der Waals surface area contributed by atoms with Crippen molar-refractivity contribution in [3.8, 4) is 0 Å². The summed E-state index contributed by atoms with van der Waals surface area (Å²) >= 11 is 2.82. The fourth-order valence-electron chi connectivity index (χ4n) is 2.32. The zero-order chi connectivity index (χ0) is 24.0. The van der Waals surface area contributed by atoms with Gasteiger partial charge in [0.2, 0.25) is 23.6 Å². The first-order chi connectivity index (χ1) is 14.6. The first kappa shape index (κ1) is 29.0. The highest BCUT2D eigenvalue weighted by Crippen LogP contribution is 2.04. The molecule has 0 fully saturated rings. The highest BCUT2D eigenvalue weighted by Gasteiger charge is 2.30. The van der Waals surface area contributed by atoms with E-state index in [9.17, 15) is 34.2 Å². The molecule has 0 aliphatic rings. The number of carbonyl (C=O) groups excluding carboxylic acids is 4. The molecule has 0 spiro atoms. The van der Waals surface area contributed by atoms with Crippen molar-refractivity contribution in [3.05, 3.63) is 0 Å². The Hall–Kier alpha value is -2.03. The van der Waals surface area contributed by atoms with Crippen LogP contribution in [0.25, 0.3) is 0 Å². The summed E-state index contributed by atoms with van der Waals surface area (Å²) in [5, 5.41) is 25.7. The van der Waals surface area contributed by atoms with Gasteiger partial charge in [-0.15, -0.1) is 0 Å². The molecule has 0 aliphatic heterocycles. The van der Waals surface area contributed by atoms with Crippen LogP contribution in [0.2, 0.25) is 0 Å². The Morgan fingerprint density at radius 1 is 0.839 bits per heavy atom. The smallest absolute Gasteiger partial charge is 0.326 e. The maximum absolute atomic E-state index is 12.6. The number of carbonyl (C=O) groups is 5. The number of carboxylic acid groups (broad SMARTS) is 1. The molecule has 0 saturated heterocycles. The van der Waals surface area contributed by atoms with Gasteiger partial charge in [-0.2, -0.15) is 23.5 Å². The van der Waals surface area contributed by atoms with Crippen LogP contribution in [0.4, 0.5) is 0 Å². The number of nitrogens with two attached hydrogens (primary N) is 2. The van der Waals surface area contributed by atoms with Gasteiger partial charge in [0, 0.05) is 0 Å². The number of amides is 4. The molecular formula is C17H31N5O7S2. The van der Waals surface area contributed by atoms with Crippen molar-refractivity contribution >= 4 is 53.1 Å². The zero-order valence-corrected chi connectivity index (χ0v) is 19.1. The van der Waals surface area contributed by atoms with E-state index in [2.05, 4.69) is 16.0 Å². The summed E-state index contributed by atoms with van der Waals surface area (Å²) in [4.78, 5) is 59.3. The molecule has 0 aromatic heterocycles. The monoisotopic (exact) mass is 481 g/mol. The molecule has 4 unspecified atom stereocenters. The topological polar surface area (TPSA) is 214 Å². The third kappa shape index (κ3) is 11.8. The van der Waals surface area contributed by atoms with Gasteiger partial charge in [0.15, 0.2) is 0 Å². The number of primary amides is 1. The molecule has 0 radical (unpaired) electrons. The Labute approximate surface area is 189 Å². The minimum atomic E-state index is -1.42. The summed E-state index contributed by atoms with van der Waals surface area (Å²) in [6, 6.07) is -4.93. The quantitative estimate of drug-likeness (QED) is 0.120. The van der Waals surface area contributed by atoms with Gasteiger partial charge in [0.1, 0.15) is 18.1 Å². The van der Waals surface area contributed by atoms with Crippen molar-refractivity contribution in [2.45, 2.75) is 43.4 Å². The van der Waals surface area contributed by atoms with E-state index < -0.39 is 66.8 Å². The van der Waals surface area contributed by atoms with Gasteiger partial charge >= 0.3 is 5.97 Å². The van der Waals surface area contributed by atoms with Gasteiger partial charge in [0.05, 0.1) is 19.1 Å². The second-order valence-electron chi connectivity index (χ2n) is 6.54. The zero-order valence-electron chi connectivity index (χ0n) is 17.5. The lowest BCUT2D eigenvalue weighted by Crippen LogP contribution is -2.58. The maximum Gasteiger partial charge on any atom is 0.326 e. The van der Waals surface area contributed by atoms with E-state index in [0.717, 1.165) is 0 Å². The SMILES string of the molecule is CSCCC(NC(=O)C(CO)NC(=O)C(CCSC)NC(=O)C(N)CC(N)=O)C(=O)O. The van der Waals surface area contributed by atoms with E-state index in [-0.39, 0.29) is 12.8 Å². The van der Waals surface area contributed by atoms with E-state index in [1.165, 1.54) is 23.5 Å². The number of hydrogen-bond donors (Lipinski definition) is 7. The predicted octanol–water partition coefficient (Wildman–Crippen LogP) is -2.77. The number of aliphatic hydroxyl groups is 1. The van der Waals surface area contributed by atoms with E-state index in [4.69, 9.17) is 11.5 Å². The van der Waals surface area contributed by atoms with Crippen molar-refractivity contribution in [3.63, 3.8) is 0 Å². The molecule has 4 atom stereocenters. The maximum atomic E-state index is 12.6. The van der Waals surface area contributed by atoms with Crippen molar-refractivity contribution in [2.75, 3.05) is 30.6 Å². The summed E-state index contributed by atoms with van der Waals surface area (Å²) in [7, 11) is 0. The van der Waals surface area contributed by atoms with Crippen LogP contribution in [0.15, 0.2) is 0 Å². The fourth-order valence-corrected chi connectivity index (χ4v) is 3.27. The van der Waals surface area contributed by atoms with Crippen molar-refractivity contribution < 1.29 is 34.2 Å². The van der Waals surface area contributed by atoms with Crippen LogP contribution in [0.3, 0.4) is 0 Å². The molecule has 0 aromatic rings. The standard InChI is InChI=1S/C17H31N5O7S2/c1-30-5-3-10(20-14(25)9(18)7-13(19)24)15(26)22-12(8-23)16(27)21-11(17(28)29)4-6-31-2/h9-12,23H,3-8,18H2,1-2H3,(H2,19,24)(H,20,25)(H,21,27)(H,22,26)(H,28,29). The van der Waals surface area contributed by atoms with Crippen LogP contribution in [0.5, 0.6) is 0 Å². The summed E-state index contributed by atoms with van der Waals surface area (Å²) in [6.45, 7) is -0.781. The Morgan fingerprint density at radius 3 is 1.74 bits per heavy atom. The number of rotatable bonds is 16. The normalized spacial score (nSPS) is 14.6. The molecule has 0 aromatic carbocycles. The van der Waals surface area contributed by atoms with Crippen LogP contribution in [-0.4, -0.2) is 94.6 Å². The summed E-state index contributed by atoms with van der Waals surface area (Å²) < 4.78 is 0. The van der Waals surface area contributed by atoms with Gasteiger partial charge in [0.25, 0.3) is 0 Å². The average Bonchev–Trinajstić information content (AvgIpc) is 2.70. The Bertz CT molecular complexity index is 638. The van der Waals surface area contributed by atoms with Gasteiger partial charge < -0.3 is 37.6 Å². The van der Waals surface area contributed by atoms with E-state index in [0.29, 0.717) is 11.5 Å². The highest BCUT2D eigenvalue weighted by molar-refractivity contribution is 7.98. The van der Waals surface area contributed by atoms with E-state index >= 15 is 0 Å². The van der Waals surface area contributed by atoms with Crippen molar-refractivity contribution in [1.29, 1.82) is 0 Å². The molecule has 0 saturated carbocycles. The molecule has 178 valence electrons. The average molecular weight is 482 g/mol. The van der Waals surface area contributed by atoms with Crippen LogP contribution in [0, 0.1) is 0 Å². The van der Waals surface area contributed by atoms with Gasteiger partial charge in [-0.25, -0.2) is 4.79 Å². The van der Waals surface area contributed by atoms with E-state index in [1.807, 2.05) is 0 Å². The van der Waals surface area contributed by atoms with Gasteiger partial charge in [-0.1, -0.05) is 0 Å². The number of hydrogen-bond acceptors (Lipinski definition) is 9. The number of aliphatic carboxylic acids is 1. The summed E-state index contributed by atoms with van der Waals surface area (Å²) in [6.07, 6.45) is 3.53. The third-order valence-corrected chi connectivity index (χ3v) is 5.33. The number of thioether (sulfide) groups is 2. The molecular weight excluding hydrogens is 450 g/mol. The highest BCUT2D eigenvalue weighted by atomic mass is 32.2. The summed E-state index contributed by atoms with van der Waals surface area (Å²) in [5.74, 6) is -3.45. The molecule has 0 rings (SSSR count). The Balaban J connectivity index is 5.16. The van der Waals surface area contributed by atoms with Crippen LogP contribution >= 0.6 is 23.5 Å². The lowest BCUT2D eigenvalue weighted by molar-refractivity contribution is -0.142. The van der Waals surface area contributed by atoms with E-state index in [1.54, 1.807) is 12.5 Å². The van der Waals surface area contributed by atoms with Crippen LogP contribution < -0.4 is 27.4 Å². The van der Waals surface area contributed by atoms with Gasteiger partial charge in [-0.05, 0) is 36.9 Å². The second-order valence-corrected chi connectivity index (χ2v) is 8.52. The lowest BCUT2D eigenvalue weighted by atomic mass is 10.1. The molecule has 0 heterocycles. The number of nitrogens with one attached hydrogen (secondary N) is 3. The third-order valence-electron chi connectivity index (χ3n) is 4.04.